The van der Waals surface area contributed by atoms with Crippen LogP contribution in [-0.4, -0.2) is 0 Å². The summed E-state index contributed by atoms with van der Waals surface area (Å²) in [6.07, 6.45) is 0. The van der Waals surface area contributed by atoms with Crippen LogP contribution in [0.3, 0.4) is 0 Å². The molecule has 0 N–H and O–H groups in total. The number of hydrogen-bond donors (Lipinski definition) is 0. The molecule has 0 aromatic rings. The SMILES string of the molecule is [Cl-].[Cl-].[Cl-].[Es]. The van der Waals surface area contributed by atoms with E-state index >= 15 is 0 Å². The van der Waals surface area contributed by atoms with Gasteiger partial charge in [-0.25, -0.2) is 0 Å². The Kier molecular flexibility index (Phi) is 280000. The monoisotopic (exact) mass is 357 g/mol. The van der Waals surface area contributed by atoms with Crippen molar-refractivity contribution in [2.24, 2.45) is 0 Å². The summed E-state index contributed by atoms with van der Waals surface area (Å²) in [5, 5.41) is 0. The van der Waals surface area contributed by atoms with Crippen LogP contribution in [0.4, 0.5) is 0 Å². The predicted molar refractivity (Wildman–Crippen MR) is 0 cm³/mol. The molecule has 1 radical (unpaired) electrons. The normalized spacial score (nSPS) is 0. The fourth-order valence-corrected chi connectivity index (χ4v) is 0. The maximum atomic E-state index is 0. The molecular formula is Cl3Es-3. The molecule has 0 spiro atoms. The van der Waals surface area contributed by atoms with Crippen LogP contribution < -0.4 is 37.2 Å². The molecule has 0 aromatic carbocycles. The van der Waals surface area contributed by atoms with E-state index in [1.54, 1.807) is 0 Å². The van der Waals surface area contributed by atoms with Gasteiger partial charge < -0.3 is 37.2 Å². The average molecular weight is 358 g/mol. The maximum Gasteiger partial charge on any atom is 0 e. The summed E-state index contributed by atoms with van der Waals surface area (Å²) in [5.41, 5.74) is 0. The van der Waals surface area contributed by atoms with Gasteiger partial charge in [0.1, 0.15) is 0 Å². The fourth-order valence-electron chi connectivity index (χ4n) is 0. The second-order valence-electron chi connectivity index (χ2n) is 0. The van der Waals surface area contributed by atoms with Crippen molar-refractivity contribution in [3.63, 3.8) is 0 Å². The zero-order valence-electron chi connectivity index (χ0n) is 1.44. The van der Waals surface area contributed by atoms with Crippen molar-refractivity contribution in [2.45, 2.75) is 0 Å². The van der Waals surface area contributed by atoms with E-state index < -0.39 is 0 Å². The van der Waals surface area contributed by atoms with E-state index in [0.717, 1.165) is 0 Å². The summed E-state index contributed by atoms with van der Waals surface area (Å²) in [6.45, 7) is 0. The van der Waals surface area contributed by atoms with Crippen LogP contribution in [0, 0.1) is 0 Å². The summed E-state index contributed by atoms with van der Waals surface area (Å²) in [4.78, 5) is 0. The third kappa shape index (κ3) is 83.8. The quantitative estimate of drug-likeness (QED) is 0.404. The molecule has 0 bridgehead atoms. The Morgan fingerprint density at radius 3 is 0.500 bits per heavy atom. The molecule has 0 amide bonds. The van der Waals surface area contributed by atoms with Crippen LogP contribution in [0.25, 0.3) is 0 Å². The summed E-state index contributed by atoms with van der Waals surface area (Å²) in [5.74, 6) is 0. The Morgan fingerprint density at radius 1 is 0.500 bits per heavy atom. The molecule has 0 fully saturated rings. The van der Waals surface area contributed by atoms with Crippen LogP contribution >= 0.6 is 0 Å². The molecule has 0 heterocycles. The molecule has 0 saturated heterocycles. The Morgan fingerprint density at radius 2 is 0.500 bits per heavy atom. The second-order valence-corrected chi connectivity index (χ2v) is 0. The Bertz CT molecular complexity index is 3.25. The first-order valence-electron chi connectivity index (χ1n) is 0. The third-order valence-electron chi connectivity index (χ3n) is 0. The van der Waals surface area contributed by atoms with E-state index in [1.807, 2.05) is 0 Å². The van der Waals surface area contributed by atoms with Crippen LogP contribution in [0.2, 0.25) is 0 Å². The van der Waals surface area contributed by atoms with E-state index in [0.29, 0.717) is 0 Å². The van der Waals surface area contributed by atoms with Gasteiger partial charge in [-0.2, -0.15) is 0 Å². The minimum absolute atomic E-state index is 0. The summed E-state index contributed by atoms with van der Waals surface area (Å²) < 4.78 is 0. The molecule has 0 aliphatic carbocycles. The van der Waals surface area contributed by atoms with Gasteiger partial charge in [-0.3, -0.25) is 0 Å². The molecule has 4 heteroatoms. The van der Waals surface area contributed by atoms with Gasteiger partial charge in [-0.1, -0.05) is 0 Å². The largest absolute Gasteiger partial charge is 1.00 e. The third-order valence-corrected chi connectivity index (χ3v) is 0. The van der Waals surface area contributed by atoms with E-state index in [-0.39, 0.29) is 37.2 Å². The summed E-state index contributed by atoms with van der Waals surface area (Å²) in [6, 6.07) is 0. The number of halogens is 3. The summed E-state index contributed by atoms with van der Waals surface area (Å²) in [7, 11) is 0. The molecule has 4 heavy (non-hydrogen) atoms. The number of hydrogen-bond acceptors (Lipinski definition) is 0. The molecule has 0 unspecified atom stereocenters. The molecule has 35 valence electrons. The van der Waals surface area contributed by atoms with E-state index in [2.05, 4.69) is 0 Å². The average Bonchev–Trinajstić information content (AvgIpc) is 0. The molecule has 0 atom stereocenters. The van der Waals surface area contributed by atoms with Gasteiger partial charge in [0.25, 0.3) is 0 Å². The van der Waals surface area contributed by atoms with E-state index in [1.165, 1.54) is 0 Å². The zero-order chi connectivity index (χ0) is 0. The molecule has 0 aromatic heterocycles. The maximum absolute atomic E-state index is 0. The first kappa shape index (κ1) is 1890. The second kappa shape index (κ2) is 594. The standard InChI is InChI=1S/3ClH.Es/h3*1H;/p-3. The molecule has 0 aliphatic rings. The molecule has 0 saturated carbocycles. The van der Waals surface area contributed by atoms with Crippen molar-refractivity contribution < 1.29 is 37.2 Å². The van der Waals surface area contributed by atoms with Gasteiger partial charge in [-0.05, 0) is 0 Å². The van der Waals surface area contributed by atoms with Crippen LogP contribution in [-0.2, 0) is 0 Å². The molecule has 0 aliphatic heterocycles. The van der Waals surface area contributed by atoms with Gasteiger partial charge >= 0.3 is 0 Å². The van der Waals surface area contributed by atoms with Gasteiger partial charge in [0, 0.05) is 0 Å². The Hall–Kier alpha value is -0.130. The Balaban J connectivity index is 0. The van der Waals surface area contributed by atoms with Gasteiger partial charge in [0.05, 0.1) is 0 Å². The summed E-state index contributed by atoms with van der Waals surface area (Å²) >= 11 is 0. The van der Waals surface area contributed by atoms with Crippen molar-refractivity contribution in [1.82, 2.24) is 0 Å². The van der Waals surface area contributed by atoms with Crippen LogP contribution in [0.1, 0.15) is 0 Å². The minimum atomic E-state index is 0. The van der Waals surface area contributed by atoms with E-state index in [4.69, 9.17) is 0 Å². The van der Waals surface area contributed by atoms with Crippen molar-refractivity contribution >= 4 is 0 Å². The topological polar surface area (TPSA) is 0 Å². The van der Waals surface area contributed by atoms with Gasteiger partial charge in [0.2, 0.25) is 0 Å². The first-order chi connectivity index (χ1) is 0. The first-order valence-corrected chi connectivity index (χ1v) is 0. The Labute approximate surface area is 37.8 Å². The van der Waals surface area contributed by atoms with Crippen molar-refractivity contribution in [3.05, 3.63) is 0 Å². The minimum Gasteiger partial charge on any atom is -1.00 e. The fraction of sp³-hybridized carbons (Fsp3) is 0. The predicted octanol–water partition coefficient (Wildman–Crippen LogP) is -8.99. The van der Waals surface area contributed by atoms with Gasteiger partial charge in [0.15, 0.2) is 0 Å². The molecular weight excluding hydrogens is 358 g/mol. The molecule has 0 nitrogen and oxygen atoms in total. The van der Waals surface area contributed by atoms with Crippen molar-refractivity contribution in [1.29, 1.82) is 0 Å². The van der Waals surface area contributed by atoms with E-state index in [9.17, 15) is 0 Å². The smallest absolute Gasteiger partial charge is 0 e. The van der Waals surface area contributed by atoms with Crippen molar-refractivity contribution in [2.75, 3.05) is 0 Å². The van der Waals surface area contributed by atoms with Crippen LogP contribution in [0.15, 0.2) is 0 Å². The number of rotatable bonds is 0. The van der Waals surface area contributed by atoms with Crippen molar-refractivity contribution in [3.8, 4) is 0 Å². The molecule has 0 rings (SSSR count). The van der Waals surface area contributed by atoms with Gasteiger partial charge in [-0.15, -0.1) is 0 Å². The zero-order valence-corrected chi connectivity index (χ0v) is 6.21. The van der Waals surface area contributed by atoms with Crippen LogP contribution in [0.5, 0.6) is 0 Å².